The lowest BCUT2D eigenvalue weighted by atomic mass is 9.82. The molecule has 2 fully saturated rings. The number of ketones is 1. The van der Waals surface area contributed by atoms with Gasteiger partial charge in [-0.15, -0.1) is 0 Å². The first-order valence-electron chi connectivity index (χ1n) is 8.19. The van der Waals surface area contributed by atoms with Crippen molar-refractivity contribution in [1.29, 1.82) is 0 Å². The van der Waals surface area contributed by atoms with E-state index in [-0.39, 0.29) is 11.7 Å². The topological polar surface area (TPSA) is 47.6 Å². The number of carbonyl (C=O) groups excluding carboxylic acids is 1. The van der Waals surface area contributed by atoms with Gasteiger partial charge in [-0.25, -0.2) is 0 Å². The number of piperidine rings is 1. The van der Waals surface area contributed by atoms with Crippen molar-refractivity contribution in [2.75, 3.05) is 20.3 Å². The number of Topliss-reactive ketones (excluding diaryl/α,β-unsaturated/α-hetero) is 1. The zero-order chi connectivity index (χ0) is 15.8. The maximum atomic E-state index is 12.9. The lowest BCUT2D eigenvalue weighted by Crippen LogP contribution is -2.55. The second-order valence-electron chi connectivity index (χ2n) is 6.56. The summed E-state index contributed by atoms with van der Waals surface area (Å²) in [6.45, 7) is 1.44. The summed E-state index contributed by atoms with van der Waals surface area (Å²) in [5, 5.41) is 5.71. The molecule has 1 N–H and O–H groups in total. The summed E-state index contributed by atoms with van der Waals surface area (Å²) in [4.78, 5) is 12.9. The Morgan fingerprint density at radius 2 is 1.78 bits per heavy atom. The molecule has 0 saturated carbocycles. The minimum absolute atomic E-state index is 0.103. The normalized spacial score (nSPS) is 26.9. The van der Waals surface area contributed by atoms with Crippen LogP contribution >= 0.6 is 0 Å². The zero-order valence-electron chi connectivity index (χ0n) is 13.2. The Bertz CT molecular complexity index is 730. The van der Waals surface area contributed by atoms with Crippen molar-refractivity contribution < 1.29 is 14.3 Å². The number of methoxy groups -OCH3 is 1. The Morgan fingerprint density at radius 1 is 1.09 bits per heavy atom. The maximum Gasteiger partial charge on any atom is 0.166 e. The van der Waals surface area contributed by atoms with E-state index in [0.29, 0.717) is 12.1 Å². The van der Waals surface area contributed by atoms with E-state index in [0.717, 1.165) is 48.1 Å². The number of ether oxygens (including phenoxy) is 2. The van der Waals surface area contributed by atoms with Gasteiger partial charge in [-0.05, 0) is 41.8 Å². The number of benzene rings is 2. The molecule has 0 spiro atoms. The molecule has 2 atom stereocenters. The van der Waals surface area contributed by atoms with Gasteiger partial charge in [0.2, 0.25) is 0 Å². The summed E-state index contributed by atoms with van der Waals surface area (Å²) < 4.78 is 10.8. The predicted octanol–water partition coefficient (Wildman–Crippen LogP) is 2.80. The van der Waals surface area contributed by atoms with Crippen molar-refractivity contribution in [3.8, 4) is 5.75 Å². The van der Waals surface area contributed by atoms with Crippen LogP contribution in [0.2, 0.25) is 0 Å². The maximum absolute atomic E-state index is 12.9. The van der Waals surface area contributed by atoms with Crippen molar-refractivity contribution in [3.63, 3.8) is 0 Å². The molecule has 4 rings (SSSR count). The third kappa shape index (κ3) is 2.84. The highest BCUT2D eigenvalue weighted by atomic mass is 16.5. The molecule has 2 aliphatic rings. The molecule has 0 aromatic heterocycles. The van der Waals surface area contributed by atoms with Crippen LogP contribution in [0.1, 0.15) is 23.2 Å². The third-order valence-electron chi connectivity index (χ3n) is 4.95. The largest absolute Gasteiger partial charge is 0.497 e. The Morgan fingerprint density at radius 3 is 2.52 bits per heavy atom. The third-order valence-corrected chi connectivity index (χ3v) is 4.95. The molecule has 2 saturated heterocycles. The molecule has 4 nitrogen and oxygen atoms in total. The molecule has 2 unspecified atom stereocenters. The molecule has 23 heavy (non-hydrogen) atoms. The van der Waals surface area contributed by atoms with Gasteiger partial charge >= 0.3 is 0 Å². The van der Waals surface area contributed by atoms with Gasteiger partial charge in [0.25, 0.3) is 0 Å². The first-order chi connectivity index (χ1) is 11.2. The van der Waals surface area contributed by atoms with E-state index in [1.54, 1.807) is 7.11 Å². The number of nitrogens with one attached hydrogen (secondary N) is 1. The van der Waals surface area contributed by atoms with Crippen LogP contribution in [-0.4, -0.2) is 38.2 Å². The molecule has 2 bridgehead atoms. The summed E-state index contributed by atoms with van der Waals surface area (Å²) in [7, 11) is 1.66. The number of fused-ring (bicyclic) bond motifs is 3. The molecule has 2 aliphatic heterocycles. The van der Waals surface area contributed by atoms with Gasteiger partial charge in [0, 0.05) is 23.6 Å². The predicted molar refractivity (Wildman–Crippen MR) is 89.1 cm³/mol. The number of hydrogen-bond donors (Lipinski definition) is 1. The SMILES string of the molecule is COc1ccc2cc(C(=O)C3CC4COCC(C3)N4)ccc2c1. The molecule has 2 heterocycles. The number of carbonyl (C=O) groups is 1. The van der Waals surface area contributed by atoms with Crippen LogP contribution in [-0.2, 0) is 4.74 Å². The van der Waals surface area contributed by atoms with E-state index in [1.165, 1.54) is 0 Å². The fourth-order valence-corrected chi connectivity index (χ4v) is 3.79. The van der Waals surface area contributed by atoms with E-state index >= 15 is 0 Å². The van der Waals surface area contributed by atoms with Gasteiger partial charge in [0.05, 0.1) is 20.3 Å². The Hall–Kier alpha value is -1.91. The summed E-state index contributed by atoms with van der Waals surface area (Å²) in [6.07, 6.45) is 1.74. The quantitative estimate of drug-likeness (QED) is 0.886. The van der Waals surface area contributed by atoms with Gasteiger partial charge in [-0.3, -0.25) is 4.79 Å². The van der Waals surface area contributed by atoms with Crippen molar-refractivity contribution in [2.45, 2.75) is 24.9 Å². The molecule has 0 radical (unpaired) electrons. The molecule has 4 heteroatoms. The number of rotatable bonds is 3. The minimum Gasteiger partial charge on any atom is -0.497 e. The van der Waals surface area contributed by atoms with Crippen molar-refractivity contribution in [3.05, 3.63) is 42.0 Å². The molecule has 2 aromatic rings. The number of hydrogen-bond acceptors (Lipinski definition) is 4. The Balaban J connectivity index is 1.59. The van der Waals surface area contributed by atoms with E-state index in [4.69, 9.17) is 9.47 Å². The highest BCUT2D eigenvalue weighted by Gasteiger charge is 2.35. The highest BCUT2D eigenvalue weighted by Crippen LogP contribution is 2.29. The highest BCUT2D eigenvalue weighted by molar-refractivity contribution is 6.01. The van der Waals surface area contributed by atoms with Gasteiger partial charge < -0.3 is 14.8 Å². The van der Waals surface area contributed by atoms with Crippen LogP contribution in [0, 0.1) is 5.92 Å². The first-order valence-corrected chi connectivity index (χ1v) is 8.19. The summed E-state index contributed by atoms with van der Waals surface area (Å²) in [5.74, 6) is 1.20. The van der Waals surface area contributed by atoms with Crippen LogP contribution in [0.3, 0.4) is 0 Å². The standard InChI is InChI=1S/C19H21NO3/c1-22-18-5-4-12-6-14(3-2-13(12)9-18)19(21)15-7-16-10-23-11-17(8-15)20-16/h2-6,9,15-17,20H,7-8,10-11H2,1H3. The lowest BCUT2D eigenvalue weighted by molar-refractivity contribution is 0.00953. The van der Waals surface area contributed by atoms with Gasteiger partial charge in [-0.2, -0.15) is 0 Å². The summed E-state index contributed by atoms with van der Waals surface area (Å²) >= 11 is 0. The van der Waals surface area contributed by atoms with E-state index in [2.05, 4.69) is 5.32 Å². The minimum atomic E-state index is 0.103. The molecule has 0 aliphatic carbocycles. The van der Waals surface area contributed by atoms with Gasteiger partial charge in [-0.1, -0.05) is 18.2 Å². The first kappa shape index (κ1) is 14.7. The second kappa shape index (κ2) is 5.95. The zero-order valence-corrected chi connectivity index (χ0v) is 13.2. The Labute approximate surface area is 135 Å². The molecular weight excluding hydrogens is 290 g/mol. The average Bonchev–Trinajstić information content (AvgIpc) is 2.59. The van der Waals surface area contributed by atoms with Crippen LogP contribution in [0.4, 0.5) is 0 Å². The van der Waals surface area contributed by atoms with E-state index < -0.39 is 0 Å². The van der Waals surface area contributed by atoms with Gasteiger partial charge in [0.15, 0.2) is 5.78 Å². The van der Waals surface area contributed by atoms with Crippen molar-refractivity contribution >= 4 is 16.6 Å². The van der Waals surface area contributed by atoms with E-state index in [9.17, 15) is 4.79 Å². The van der Waals surface area contributed by atoms with Crippen molar-refractivity contribution in [2.24, 2.45) is 5.92 Å². The molecule has 120 valence electrons. The molecular formula is C19H21NO3. The van der Waals surface area contributed by atoms with Gasteiger partial charge in [0.1, 0.15) is 5.75 Å². The second-order valence-corrected chi connectivity index (χ2v) is 6.56. The van der Waals surface area contributed by atoms with E-state index in [1.807, 2.05) is 36.4 Å². The molecule has 2 aromatic carbocycles. The van der Waals surface area contributed by atoms with Crippen LogP contribution in [0.25, 0.3) is 10.8 Å². The monoisotopic (exact) mass is 311 g/mol. The average molecular weight is 311 g/mol. The smallest absolute Gasteiger partial charge is 0.166 e. The summed E-state index contributed by atoms with van der Waals surface area (Å²) in [5.41, 5.74) is 0.813. The van der Waals surface area contributed by atoms with Crippen LogP contribution < -0.4 is 10.1 Å². The van der Waals surface area contributed by atoms with Crippen LogP contribution in [0.5, 0.6) is 5.75 Å². The lowest BCUT2D eigenvalue weighted by Gasteiger charge is -2.39. The van der Waals surface area contributed by atoms with Crippen molar-refractivity contribution in [1.82, 2.24) is 5.32 Å². The fraction of sp³-hybridized carbons (Fsp3) is 0.421. The van der Waals surface area contributed by atoms with Crippen LogP contribution in [0.15, 0.2) is 36.4 Å². The Kier molecular flexibility index (Phi) is 3.79. The fourth-order valence-electron chi connectivity index (χ4n) is 3.79. The number of morpholine rings is 1. The summed E-state index contributed by atoms with van der Waals surface area (Å²) in [6, 6.07) is 12.5. The molecule has 0 amide bonds.